The first-order valence-electron chi connectivity index (χ1n) is 6.54. The van der Waals surface area contributed by atoms with Crippen molar-refractivity contribution < 1.29 is 26.0 Å². The fraction of sp³-hybridized carbons (Fsp3) is 0.200. The monoisotopic (exact) mass is 347 g/mol. The average molecular weight is 347 g/mol. The number of hydrogen-bond donors (Lipinski definition) is 1. The summed E-state index contributed by atoms with van der Waals surface area (Å²) in [6.45, 7) is 1.43. The van der Waals surface area contributed by atoms with Crippen molar-refractivity contribution in [3.8, 4) is 0 Å². The van der Waals surface area contributed by atoms with Crippen LogP contribution >= 0.6 is 0 Å². The molecule has 2 rings (SSSR count). The summed E-state index contributed by atoms with van der Waals surface area (Å²) in [5.74, 6) is -0.588. The minimum Gasteiger partial charge on any atom is -0.207 e. The second-order valence-corrected chi connectivity index (χ2v) is 6.63. The molecule has 0 aliphatic heterocycles. The topological polar surface area (TPSA) is 46.2 Å². The van der Waals surface area contributed by atoms with Crippen molar-refractivity contribution in [1.29, 1.82) is 0 Å². The molecule has 0 saturated carbocycles. The number of nitrogens with one attached hydrogen (secondary N) is 1. The van der Waals surface area contributed by atoms with Crippen molar-refractivity contribution >= 4 is 10.0 Å². The SMILES string of the molecule is CC(NS(=O)(=O)c1ccc(F)cc1)c1cccc(C(F)(F)F)c1. The fourth-order valence-electron chi connectivity index (χ4n) is 1.97. The summed E-state index contributed by atoms with van der Waals surface area (Å²) in [5, 5.41) is 0. The molecule has 1 atom stereocenters. The van der Waals surface area contributed by atoms with E-state index in [9.17, 15) is 26.0 Å². The zero-order chi connectivity index (χ0) is 17.3. The maximum Gasteiger partial charge on any atom is 0.416 e. The third kappa shape index (κ3) is 4.29. The first kappa shape index (κ1) is 17.4. The van der Waals surface area contributed by atoms with E-state index in [1.54, 1.807) is 0 Å². The summed E-state index contributed by atoms with van der Waals surface area (Å²) >= 11 is 0. The average Bonchev–Trinajstić information content (AvgIpc) is 2.46. The largest absolute Gasteiger partial charge is 0.416 e. The highest BCUT2D eigenvalue weighted by Crippen LogP contribution is 2.31. The number of alkyl halides is 3. The van der Waals surface area contributed by atoms with Gasteiger partial charge in [0.2, 0.25) is 10.0 Å². The molecule has 0 radical (unpaired) electrons. The molecule has 0 fully saturated rings. The number of sulfonamides is 1. The van der Waals surface area contributed by atoms with Gasteiger partial charge in [-0.15, -0.1) is 0 Å². The second kappa shape index (κ2) is 6.29. The second-order valence-electron chi connectivity index (χ2n) is 4.92. The Kier molecular flexibility index (Phi) is 4.76. The Morgan fingerprint density at radius 2 is 1.65 bits per heavy atom. The molecule has 1 unspecified atom stereocenters. The van der Waals surface area contributed by atoms with Crippen LogP contribution in [0.3, 0.4) is 0 Å². The Morgan fingerprint density at radius 1 is 1.04 bits per heavy atom. The lowest BCUT2D eigenvalue weighted by molar-refractivity contribution is -0.137. The van der Waals surface area contributed by atoms with E-state index in [0.29, 0.717) is 0 Å². The third-order valence-electron chi connectivity index (χ3n) is 3.17. The Hall–Kier alpha value is -1.93. The predicted octanol–water partition coefficient (Wildman–Crippen LogP) is 3.88. The van der Waals surface area contributed by atoms with Crippen LogP contribution in [0.4, 0.5) is 17.6 Å². The van der Waals surface area contributed by atoms with Gasteiger partial charge in [0.25, 0.3) is 0 Å². The Bertz CT molecular complexity index is 786. The Morgan fingerprint density at radius 3 is 2.22 bits per heavy atom. The number of hydrogen-bond acceptors (Lipinski definition) is 2. The first-order chi connectivity index (χ1) is 10.6. The van der Waals surface area contributed by atoms with Crippen molar-refractivity contribution in [2.24, 2.45) is 0 Å². The third-order valence-corrected chi connectivity index (χ3v) is 4.73. The summed E-state index contributed by atoms with van der Waals surface area (Å²) in [6, 6.07) is 7.66. The van der Waals surface area contributed by atoms with Crippen molar-refractivity contribution in [1.82, 2.24) is 4.72 Å². The van der Waals surface area contributed by atoms with E-state index in [0.717, 1.165) is 36.4 Å². The Labute approximate surface area is 131 Å². The van der Waals surface area contributed by atoms with Crippen LogP contribution in [0.15, 0.2) is 53.4 Å². The van der Waals surface area contributed by atoms with E-state index >= 15 is 0 Å². The van der Waals surface area contributed by atoms with Crippen LogP contribution in [-0.2, 0) is 16.2 Å². The van der Waals surface area contributed by atoms with Gasteiger partial charge >= 0.3 is 6.18 Å². The molecule has 0 saturated heterocycles. The van der Waals surface area contributed by atoms with E-state index in [1.165, 1.54) is 19.1 Å². The van der Waals surface area contributed by atoms with Gasteiger partial charge in [0.05, 0.1) is 10.5 Å². The lowest BCUT2D eigenvalue weighted by Gasteiger charge is -2.16. The molecule has 2 aromatic rings. The van der Waals surface area contributed by atoms with Crippen molar-refractivity contribution in [3.05, 3.63) is 65.5 Å². The molecular formula is C15H13F4NO2S. The van der Waals surface area contributed by atoms with E-state index in [4.69, 9.17) is 0 Å². The molecule has 8 heteroatoms. The summed E-state index contributed by atoms with van der Waals surface area (Å²) in [6.07, 6.45) is -4.51. The summed E-state index contributed by atoms with van der Waals surface area (Å²) in [7, 11) is -3.97. The molecule has 124 valence electrons. The van der Waals surface area contributed by atoms with Gasteiger partial charge in [0.15, 0.2) is 0 Å². The van der Waals surface area contributed by atoms with E-state index in [-0.39, 0.29) is 10.5 Å². The van der Waals surface area contributed by atoms with Gasteiger partial charge in [-0.3, -0.25) is 0 Å². The number of rotatable bonds is 4. The standard InChI is InChI=1S/C15H13F4NO2S/c1-10(11-3-2-4-12(9-11)15(17,18)19)20-23(21,22)14-7-5-13(16)6-8-14/h2-10,20H,1H3. The zero-order valence-corrected chi connectivity index (χ0v) is 12.7. The van der Waals surface area contributed by atoms with Crippen molar-refractivity contribution in [3.63, 3.8) is 0 Å². The van der Waals surface area contributed by atoms with Crippen LogP contribution in [0, 0.1) is 5.82 Å². The van der Waals surface area contributed by atoms with Gasteiger partial charge in [-0.1, -0.05) is 12.1 Å². The van der Waals surface area contributed by atoms with E-state index in [2.05, 4.69) is 4.72 Å². The summed E-state index contributed by atoms with van der Waals surface area (Å²) in [4.78, 5) is -0.169. The van der Waals surface area contributed by atoms with Crippen LogP contribution in [-0.4, -0.2) is 8.42 Å². The minimum absolute atomic E-state index is 0.169. The predicted molar refractivity (Wildman–Crippen MR) is 76.6 cm³/mol. The van der Waals surface area contributed by atoms with Gasteiger partial charge in [-0.2, -0.15) is 13.2 Å². The summed E-state index contributed by atoms with van der Waals surface area (Å²) in [5.41, 5.74) is -0.687. The zero-order valence-electron chi connectivity index (χ0n) is 11.9. The molecule has 0 aromatic heterocycles. The van der Waals surface area contributed by atoms with Gasteiger partial charge in [-0.25, -0.2) is 17.5 Å². The highest BCUT2D eigenvalue weighted by atomic mass is 32.2. The van der Waals surface area contributed by atoms with Gasteiger partial charge in [0.1, 0.15) is 5.82 Å². The maximum absolute atomic E-state index is 12.8. The number of benzene rings is 2. The van der Waals surface area contributed by atoms with E-state index in [1.807, 2.05) is 0 Å². The van der Waals surface area contributed by atoms with Gasteiger partial charge in [0, 0.05) is 6.04 Å². The highest BCUT2D eigenvalue weighted by Gasteiger charge is 2.31. The van der Waals surface area contributed by atoms with Crippen LogP contribution in [0.5, 0.6) is 0 Å². The molecule has 2 aromatic carbocycles. The molecular weight excluding hydrogens is 334 g/mol. The molecule has 0 heterocycles. The van der Waals surface area contributed by atoms with Crippen LogP contribution in [0.25, 0.3) is 0 Å². The quantitative estimate of drug-likeness (QED) is 0.853. The molecule has 0 aliphatic rings. The molecule has 0 bridgehead atoms. The van der Waals surface area contributed by atoms with E-state index < -0.39 is 33.6 Å². The van der Waals surface area contributed by atoms with Crippen molar-refractivity contribution in [2.75, 3.05) is 0 Å². The number of halogens is 4. The molecule has 1 N–H and O–H groups in total. The fourth-order valence-corrected chi connectivity index (χ4v) is 3.20. The Balaban J connectivity index is 2.24. The highest BCUT2D eigenvalue weighted by molar-refractivity contribution is 7.89. The molecule has 23 heavy (non-hydrogen) atoms. The molecule has 3 nitrogen and oxygen atoms in total. The van der Waals surface area contributed by atoms with Crippen molar-refractivity contribution in [2.45, 2.75) is 24.0 Å². The normalized spacial score (nSPS) is 13.8. The van der Waals surface area contributed by atoms with Crippen LogP contribution in [0.2, 0.25) is 0 Å². The van der Waals surface area contributed by atoms with Gasteiger partial charge in [-0.05, 0) is 48.9 Å². The maximum atomic E-state index is 12.8. The lowest BCUT2D eigenvalue weighted by atomic mass is 10.1. The molecule has 0 amide bonds. The summed E-state index contributed by atoms with van der Waals surface area (Å²) < 4.78 is 77.5. The molecule has 0 spiro atoms. The lowest BCUT2D eigenvalue weighted by Crippen LogP contribution is -2.27. The smallest absolute Gasteiger partial charge is 0.207 e. The van der Waals surface area contributed by atoms with Crippen LogP contribution in [0.1, 0.15) is 24.1 Å². The first-order valence-corrected chi connectivity index (χ1v) is 8.03. The minimum atomic E-state index is -4.51. The van der Waals surface area contributed by atoms with Crippen LogP contribution < -0.4 is 4.72 Å². The van der Waals surface area contributed by atoms with Gasteiger partial charge < -0.3 is 0 Å². The molecule has 0 aliphatic carbocycles.